The Bertz CT molecular complexity index is 104. The van der Waals surface area contributed by atoms with E-state index in [4.69, 9.17) is 0 Å². The van der Waals surface area contributed by atoms with Gasteiger partial charge in [-0.2, -0.15) is 0 Å². The minimum atomic E-state index is 1.02. The van der Waals surface area contributed by atoms with Crippen molar-refractivity contribution in [1.82, 2.24) is 0 Å². The third-order valence-electron chi connectivity index (χ3n) is 0.688. The fourth-order valence-electron chi connectivity index (χ4n) is 0.389. The molecule has 1 heterocycles. The molecule has 1 aliphatic heterocycles. The Morgan fingerprint density at radius 3 is 2.67 bits per heavy atom. The van der Waals surface area contributed by atoms with Crippen LogP contribution in [0.25, 0.3) is 0 Å². The van der Waals surface area contributed by atoms with E-state index in [0.29, 0.717) is 0 Å². The molecule has 1 aliphatic rings. The molecule has 0 aromatic heterocycles. The summed E-state index contributed by atoms with van der Waals surface area (Å²) in [6.45, 7) is 0. The third kappa shape index (κ3) is 0.943. The second-order valence-electron chi connectivity index (χ2n) is 1.22. The van der Waals surface area contributed by atoms with Gasteiger partial charge in [-0.1, -0.05) is 0 Å². The van der Waals surface area contributed by atoms with Crippen molar-refractivity contribution in [3.63, 3.8) is 0 Å². The molecule has 1 radical (unpaired) electrons. The Morgan fingerprint density at radius 2 is 2.50 bits per heavy atom. The zero-order chi connectivity index (χ0) is 4.41. The van der Waals surface area contributed by atoms with Crippen molar-refractivity contribution in [3.05, 3.63) is 21.3 Å². The molecule has 0 spiro atoms. The number of hydrogen-bond acceptors (Lipinski definition) is 0. The van der Waals surface area contributed by atoms with Crippen LogP contribution >= 0.6 is 0 Å². The van der Waals surface area contributed by atoms with Crippen LogP contribution in [0.2, 0.25) is 0 Å². The molecule has 29 valence electrons. The van der Waals surface area contributed by atoms with Gasteiger partial charge in [0.2, 0.25) is 0 Å². The van der Waals surface area contributed by atoms with Gasteiger partial charge in [-0.15, -0.1) is 0 Å². The van der Waals surface area contributed by atoms with Gasteiger partial charge >= 0.3 is 53.3 Å². The molecule has 0 saturated heterocycles. The van der Waals surface area contributed by atoms with Gasteiger partial charge in [0.1, 0.15) is 0 Å². The van der Waals surface area contributed by atoms with Gasteiger partial charge in [0.05, 0.1) is 0 Å². The molecule has 0 saturated carbocycles. The molecule has 0 N–H and O–H groups in total. The van der Waals surface area contributed by atoms with Crippen LogP contribution < -0.4 is 0 Å². The van der Waals surface area contributed by atoms with Gasteiger partial charge < -0.3 is 0 Å². The summed E-state index contributed by atoms with van der Waals surface area (Å²) >= 11 is 1.02. The van der Waals surface area contributed by atoms with E-state index < -0.39 is 0 Å². The van der Waals surface area contributed by atoms with Crippen LogP contribution in [-0.2, 0) is 0 Å². The van der Waals surface area contributed by atoms with E-state index in [1.807, 2.05) is 0 Å². The van der Waals surface area contributed by atoms with Crippen LogP contribution in [0.15, 0.2) is 21.3 Å². The van der Waals surface area contributed by atoms with Gasteiger partial charge in [0, 0.05) is 0 Å². The first-order valence-corrected chi connectivity index (χ1v) is 4.11. The van der Waals surface area contributed by atoms with Crippen molar-refractivity contribution < 1.29 is 0 Å². The molecule has 0 aliphatic carbocycles. The summed E-state index contributed by atoms with van der Waals surface area (Å²) in [5.41, 5.74) is 0. The van der Waals surface area contributed by atoms with Gasteiger partial charge in [0.25, 0.3) is 0 Å². The van der Waals surface area contributed by atoms with E-state index in [1.165, 1.54) is 3.18 Å². The maximum absolute atomic E-state index is 2.16. The van der Waals surface area contributed by atoms with Gasteiger partial charge in [0.15, 0.2) is 0 Å². The van der Waals surface area contributed by atoms with Crippen molar-refractivity contribution in [1.29, 1.82) is 0 Å². The Balaban J connectivity index is 2.61. The summed E-state index contributed by atoms with van der Waals surface area (Å²) in [7, 11) is 2.16. The Morgan fingerprint density at radius 1 is 1.67 bits per heavy atom. The molecule has 0 nitrogen and oxygen atoms in total. The average Bonchev–Trinajstić information content (AvgIpc) is 1.86. The summed E-state index contributed by atoms with van der Waals surface area (Å²) in [6, 6.07) is 0. The second kappa shape index (κ2) is 1.93. The summed E-state index contributed by atoms with van der Waals surface area (Å²) in [6.07, 6.45) is 4.24. The fourth-order valence-corrected chi connectivity index (χ4v) is 1.25. The molecule has 0 atom stereocenters. The first-order valence-electron chi connectivity index (χ1n) is 1.87. The summed E-state index contributed by atoms with van der Waals surface area (Å²) < 4.78 is 1.51. The first kappa shape index (κ1) is 4.58. The molecule has 0 unspecified atom stereocenters. The normalized spacial score (nSPS) is 17.2. The molecule has 2 heteroatoms. The average molecular weight is 273 g/mol. The topological polar surface area (TPSA) is 0 Å². The van der Waals surface area contributed by atoms with Crippen molar-refractivity contribution in [2.24, 2.45) is 0 Å². The Kier molecular flexibility index (Phi) is 1.47. The van der Waals surface area contributed by atoms with Crippen molar-refractivity contribution >= 4 is 32.0 Å². The zero-order valence-corrected chi connectivity index (χ0v) is 7.88. The summed E-state index contributed by atoms with van der Waals surface area (Å²) in [5, 5.41) is 0. The van der Waals surface area contributed by atoms with Crippen molar-refractivity contribution in [2.45, 2.75) is 0 Å². The molecule has 0 amide bonds. The van der Waals surface area contributed by atoms with Crippen LogP contribution in [0.5, 0.6) is 0 Å². The van der Waals surface area contributed by atoms with Crippen molar-refractivity contribution in [2.75, 3.05) is 0 Å². The predicted octanol–water partition coefficient (Wildman–Crippen LogP) is -0.308. The quantitative estimate of drug-likeness (QED) is 0.531. The van der Waals surface area contributed by atoms with E-state index in [-0.39, 0.29) is 0 Å². The number of rotatable bonds is 0. The molecular formula is C4H5BBi. The molecule has 0 aromatic carbocycles. The molecule has 0 aromatic rings. The maximum atomic E-state index is 2.16. The number of allylic oxidation sites excluding steroid dienone is 2. The second-order valence-corrected chi connectivity index (χ2v) is 3.81. The monoisotopic (exact) mass is 273 g/mol. The summed E-state index contributed by atoms with van der Waals surface area (Å²) in [4.78, 5) is 0. The Labute approximate surface area is 53.4 Å². The molecule has 0 fully saturated rings. The first-order chi connectivity index (χ1) is 2.89. The van der Waals surface area contributed by atoms with Crippen LogP contribution in [-0.4, -0.2) is 32.0 Å². The molecular weight excluding hydrogens is 268 g/mol. The number of hydrogen-bond donors (Lipinski definition) is 0. The van der Waals surface area contributed by atoms with Crippen LogP contribution in [0.1, 0.15) is 0 Å². The van der Waals surface area contributed by atoms with Crippen molar-refractivity contribution in [3.8, 4) is 0 Å². The van der Waals surface area contributed by atoms with E-state index in [0.717, 1.165) is 24.7 Å². The third-order valence-corrected chi connectivity index (χ3v) is 2.18. The molecule has 0 bridgehead atoms. The van der Waals surface area contributed by atoms with Gasteiger partial charge in [-0.25, -0.2) is 0 Å². The van der Waals surface area contributed by atoms with Crippen LogP contribution in [0.3, 0.4) is 0 Å². The molecule has 6 heavy (non-hydrogen) atoms. The van der Waals surface area contributed by atoms with Crippen LogP contribution in [0, 0.1) is 0 Å². The fraction of sp³-hybridized carbons (Fsp3) is 0. The Hall–Kier alpha value is 0.428. The van der Waals surface area contributed by atoms with Gasteiger partial charge in [-0.05, 0) is 0 Å². The minimum absolute atomic E-state index is 1.02. The standard InChI is InChI=1S/C4H3B.Bi.2H/c1-2-4-5-3-1;;;/h1-3H;;;. The summed E-state index contributed by atoms with van der Waals surface area (Å²) in [5.74, 6) is 2.08. The van der Waals surface area contributed by atoms with Gasteiger partial charge in [-0.3, -0.25) is 0 Å². The molecule has 1 rings (SSSR count). The predicted molar refractivity (Wildman–Crippen MR) is 31.5 cm³/mol. The van der Waals surface area contributed by atoms with E-state index in [9.17, 15) is 0 Å². The van der Waals surface area contributed by atoms with E-state index in [1.54, 1.807) is 0 Å². The zero-order valence-electron chi connectivity index (χ0n) is 3.39. The SMILES string of the molecule is [BiH2][C]1=CC=C[B]1. The van der Waals surface area contributed by atoms with E-state index >= 15 is 0 Å². The van der Waals surface area contributed by atoms with E-state index in [2.05, 4.69) is 25.4 Å². The van der Waals surface area contributed by atoms with Crippen LogP contribution in [0.4, 0.5) is 0 Å².